The van der Waals surface area contributed by atoms with Gasteiger partial charge in [0.05, 0.1) is 21.8 Å². The first kappa shape index (κ1) is 16.3. The molecule has 5 nitrogen and oxygen atoms in total. The van der Waals surface area contributed by atoms with Crippen LogP contribution in [-0.4, -0.2) is 42.0 Å². The van der Waals surface area contributed by atoms with Crippen molar-refractivity contribution >= 4 is 34.1 Å². The molecular formula is C20H23ClN4O. The number of nitrogens with one attached hydrogen (secondary N) is 1. The molecule has 2 unspecified atom stereocenters. The fourth-order valence-corrected chi connectivity index (χ4v) is 4.78. The number of likely N-dealkylation sites (tertiary alicyclic amines) is 1. The molecule has 2 heterocycles. The normalized spacial score (nSPS) is 27.5. The topological polar surface area (TPSA) is 71.2 Å². The first-order valence-electron chi connectivity index (χ1n) is 9.45. The Kier molecular flexibility index (Phi) is 3.83. The zero-order chi connectivity index (χ0) is 17.8. The molecule has 1 aliphatic heterocycles. The molecule has 1 aromatic heterocycles. The molecule has 26 heavy (non-hydrogen) atoms. The molecule has 2 aliphatic carbocycles. The van der Waals surface area contributed by atoms with Crippen LogP contribution in [-0.2, 0) is 0 Å². The summed E-state index contributed by atoms with van der Waals surface area (Å²) in [6, 6.07) is 5.28. The van der Waals surface area contributed by atoms with E-state index in [2.05, 4.69) is 15.2 Å². The number of fused-ring (bicyclic) bond motifs is 2. The standard InChI is InChI=1S/C20H23ClN4O/c21-17-6-13(19-12(18(17)22)2-1-5-23-19)20(26)24-7-14-15-9-25(10-16(14)15)8-11-3-4-11/h1-2,5-6,11,14-16H,3-4,7-10,22H2,(H,24,26). The lowest BCUT2D eigenvalue weighted by atomic mass is 10.1. The molecule has 6 heteroatoms. The predicted molar refractivity (Wildman–Crippen MR) is 103 cm³/mol. The number of nitrogens with zero attached hydrogens (tertiary/aromatic N) is 2. The lowest BCUT2D eigenvalue weighted by Crippen LogP contribution is -2.31. The number of amides is 1. The van der Waals surface area contributed by atoms with Crippen LogP contribution in [0.1, 0.15) is 23.2 Å². The van der Waals surface area contributed by atoms with E-state index in [9.17, 15) is 4.79 Å². The number of aromatic nitrogens is 1. The maximum Gasteiger partial charge on any atom is 0.253 e. The number of hydrogen-bond donors (Lipinski definition) is 2. The van der Waals surface area contributed by atoms with Gasteiger partial charge in [0.15, 0.2) is 0 Å². The third-order valence-corrected chi connectivity index (χ3v) is 6.60. The van der Waals surface area contributed by atoms with Crippen molar-refractivity contribution in [1.29, 1.82) is 0 Å². The van der Waals surface area contributed by atoms with E-state index < -0.39 is 0 Å². The molecule has 0 bridgehead atoms. The van der Waals surface area contributed by atoms with Crippen molar-refractivity contribution in [3.05, 3.63) is 35.0 Å². The second-order valence-corrected chi connectivity index (χ2v) is 8.49. The van der Waals surface area contributed by atoms with E-state index in [1.54, 1.807) is 18.3 Å². The summed E-state index contributed by atoms with van der Waals surface area (Å²) < 4.78 is 0. The van der Waals surface area contributed by atoms with Gasteiger partial charge in [0.2, 0.25) is 0 Å². The van der Waals surface area contributed by atoms with Crippen LogP contribution < -0.4 is 11.1 Å². The highest BCUT2D eigenvalue weighted by atomic mass is 35.5. The zero-order valence-electron chi connectivity index (χ0n) is 14.6. The first-order valence-corrected chi connectivity index (χ1v) is 9.83. The Morgan fingerprint density at radius 3 is 2.85 bits per heavy atom. The maximum absolute atomic E-state index is 12.7. The highest BCUT2D eigenvalue weighted by molar-refractivity contribution is 6.35. The highest BCUT2D eigenvalue weighted by Crippen LogP contribution is 2.52. The minimum atomic E-state index is -0.115. The molecule has 0 radical (unpaired) electrons. The quantitative estimate of drug-likeness (QED) is 0.794. The monoisotopic (exact) mass is 370 g/mol. The molecule has 1 saturated heterocycles. The molecule has 136 valence electrons. The lowest BCUT2D eigenvalue weighted by molar-refractivity contribution is 0.0951. The van der Waals surface area contributed by atoms with E-state index >= 15 is 0 Å². The van der Waals surface area contributed by atoms with Crippen LogP contribution >= 0.6 is 11.6 Å². The number of piperidine rings is 1. The summed E-state index contributed by atoms with van der Waals surface area (Å²) in [7, 11) is 0. The van der Waals surface area contributed by atoms with E-state index in [1.807, 2.05) is 6.07 Å². The van der Waals surface area contributed by atoms with Gasteiger partial charge >= 0.3 is 0 Å². The smallest absolute Gasteiger partial charge is 0.253 e. The van der Waals surface area contributed by atoms with E-state index in [1.165, 1.54) is 32.5 Å². The SMILES string of the molecule is Nc1c(Cl)cc(C(=O)NCC2C3CN(CC4CC4)CC23)c2ncccc12. The van der Waals surface area contributed by atoms with E-state index in [-0.39, 0.29) is 5.91 Å². The molecule has 5 rings (SSSR count). The van der Waals surface area contributed by atoms with Crippen LogP contribution in [0.4, 0.5) is 5.69 Å². The molecule has 2 atom stereocenters. The van der Waals surface area contributed by atoms with Gasteiger partial charge in [0.1, 0.15) is 0 Å². The summed E-state index contributed by atoms with van der Waals surface area (Å²) in [5.74, 6) is 2.99. The minimum absolute atomic E-state index is 0.115. The fourth-order valence-electron chi connectivity index (χ4n) is 4.57. The average molecular weight is 371 g/mol. The zero-order valence-corrected chi connectivity index (χ0v) is 15.4. The van der Waals surface area contributed by atoms with Gasteiger partial charge < -0.3 is 16.0 Å². The number of anilines is 1. The van der Waals surface area contributed by atoms with Gasteiger partial charge in [-0.25, -0.2) is 0 Å². The van der Waals surface area contributed by atoms with Crippen LogP contribution in [0.15, 0.2) is 24.4 Å². The van der Waals surface area contributed by atoms with Crippen molar-refractivity contribution in [2.45, 2.75) is 12.8 Å². The molecule has 0 spiro atoms. The van der Waals surface area contributed by atoms with Crippen LogP contribution in [0.25, 0.3) is 10.9 Å². The Labute approximate surface area is 157 Å². The summed E-state index contributed by atoms with van der Waals surface area (Å²) in [5.41, 5.74) is 7.61. The second kappa shape index (κ2) is 6.10. The Morgan fingerprint density at radius 2 is 2.12 bits per heavy atom. The average Bonchev–Trinajstić information content (AvgIpc) is 3.54. The van der Waals surface area contributed by atoms with Crippen molar-refractivity contribution in [2.75, 3.05) is 31.9 Å². The van der Waals surface area contributed by atoms with Gasteiger partial charge in [0, 0.05) is 37.8 Å². The molecule has 2 aromatic rings. The number of halogens is 1. The van der Waals surface area contributed by atoms with E-state index in [0.29, 0.717) is 27.7 Å². The fraction of sp³-hybridized carbons (Fsp3) is 0.500. The predicted octanol–water partition coefficient (Wildman–Crippen LogP) is 2.79. The first-order chi connectivity index (χ1) is 12.6. The van der Waals surface area contributed by atoms with Gasteiger partial charge in [-0.3, -0.25) is 9.78 Å². The lowest BCUT2D eigenvalue weighted by Gasteiger charge is -2.19. The van der Waals surface area contributed by atoms with Crippen molar-refractivity contribution in [1.82, 2.24) is 15.2 Å². The molecular weight excluding hydrogens is 348 g/mol. The molecule has 3 N–H and O–H groups in total. The van der Waals surface area contributed by atoms with Crippen molar-refractivity contribution < 1.29 is 4.79 Å². The number of pyridine rings is 1. The van der Waals surface area contributed by atoms with Crippen LogP contribution in [0.2, 0.25) is 5.02 Å². The number of carbonyl (C=O) groups excluding carboxylic acids is 1. The Morgan fingerprint density at radius 1 is 1.35 bits per heavy atom. The van der Waals surface area contributed by atoms with Gasteiger partial charge in [0.25, 0.3) is 5.91 Å². The van der Waals surface area contributed by atoms with Crippen molar-refractivity contribution in [3.8, 4) is 0 Å². The van der Waals surface area contributed by atoms with Gasteiger partial charge in [-0.05, 0) is 54.7 Å². The summed E-state index contributed by atoms with van der Waals surface area (Å²) in [5, 5.41) is 4.22. The molecule has 2 saturated carbocycles. The van der Waals surface area contributed by atoms with Crippen molar-refractivity contribution in [3.63, 3.8) is 0 Å². The highest BCUT2D eigenvalue weighted by Gasteiger charge is 2.55. The third-order valence-electron chi connectivity index (χ3n) is 6.28. The maximum atomic E-state index is 12.7. The van der Waals surface area contributed by atoms with Crippen LogP contribution in [0.3, 0.4) is 0 Å². The molecule has 3 aliphatic rings. The summed E-state index contributed by atoms with van der Waals surface area (Å²) in [4.78, 5) is 19.7. The third kappa shape index (κ3) is 2.83. The van der Waals surface area contributed by atoms with Crippen LogP contribution in [0, 0.1) is 23.7 Å². The van der Waals surface area contributed by atoms with Crippen molar-refractivity contribution in [2.24, 2.45) is 23.7 Å². The Bertz CT molecular complexity index is 869. The Hall–Kier alpha value is -1.85. The largest absolute Gasteiger partial charge is 0.397 e. The van der Waals surface area contributed by atoms with E-state index in [0.717, 1.165) is 29.7 Å². The summed E-state index contributed by atoms with van der Waals surface area (Å²) in [6.07, 6.45) is 4.50. The van der Waals surface area contributed by atoms with Crippen LogP contribution in [0.5, 0.6) is 0 Å². The Balaban J connectivity index is 1.23. The summed E-state index contributed by atoms with van der Waals surface area (Å²) >= 11 is 6.21. The molecule has 1 aromatic carbocycles. The van der Waals surface area contributed by atoms with Gasteiger partial charge in [-0.2, -0.15) is 0 Å². The number of rotatable bonds is 5. The second-order valence-electron chi connectivity index (χ2n) is 8.08. The number of hydrogen-bond acceptors (Lipinski definition) is 4. The van der Waals surface area contributed by atoms with Gasteiger partial charge in [-0.1, -0.05) is 11.6 Å². The number of carbonyl (C=O) groups is 1. The molecule has 1 amide bonds. The number of nitrogens with two attached hydrogens (primary N) is 1. The van der Waals surface area contributed by atoms with Gasteiger partial charge in [-0.15, -0.1) is 0 Å². The minimum Gasteiger partial charge on any atom is -0.397 e. The number of benzene rings is 1. The molecule has 3 fully saturated rings. The number of nitrogen functional groups attached to an aromatic ring is 1. The van der Waals surface area contributed by atoms with E-state index in [4.69, 9.17) is 17.3 Å². The summed E-state index contributed by atoms with van der Waals surface area (Å²) in [6.45, 7) is 4.44.